The third-order valence-electron chi connectivity index (χ3n) is 6.51. The molecule has 1 aromatic rings. The van der Waals surface area contributed by atoms with Crippen LogP contribution in [0.2, 0.25) is 0 Å². The summed E-state index contributed by atoms with van der Waals surface area (Å²) >= 11 is 6.40. The zero-order chi connectivity index (χ0) is 18.9. The molecule has 1 spiro atoms. The summed E-state index contributed by atoms with van der Waals surface area (Å²) in [5, 5.41) is 2.68. The normalized spacial score (nSPS) is 28.7. The largest absolute Gasteiger partial charge is 0.307 e. The highest BCUT2D eigenvalue weighted by molar-refractivity contribution is 8.27. The lowest BCUT2D eigenvalue weighted by atomic mass is 9.70. The minimum Gasteiger partial charge on any atom is -0.307 e. The van der Waals surface area contributed by atoms with E-state index in [1.807, 2.05) is 0 Å². The summed E-state index contributed by atoms with van der Waals surface area (Å²) in [6.45, 7) is 4.35. The smallest absolute Gasteiger partial charge is 0.264 e. The van der Waals surface area contributed by atoms with Gasteiger partial charge in [-0.05, 0) is 43.7 Å². The van der Waals surface area contributed by atoms with Gasteiger partial charge in [0.2, 0.25) is 0 Å². The number of nitrogens with one attached hydrogen (secondary N) is 1. The van der Waals surface area contributed by atoms with E-state index in [9.17, 15) is 9.59 Å². The van der Waals surface area contributed by atoms with Crippen LogP contribution in [0.1, 0.15) is 68.1 Å². The van der Waals surface area contributed by atoms with Crippen molar-refractivity contribution in [2.45, 2.75) is 63.8 Å². The Kier molecular flexibility index (Phi) is 3.82. The number of rotatable bonds is 0. The molecule has 4 aliphatic rings. The van der Waals surface area contributed by atoms with Crippen molar-refractivity contribution in [2.24, 2.45) is 0 Å². The van der Waals surface area contributed by atoms with Gasteiger partial charge in [-0.1, -0.05) is 61.8 Å². The Bertz CT molecular complexity index is 944. The number of fused-ring (bicyclic) bond motifs is 1. The topological polar surface area (TPSA) is 49.4 Å². The average molecular weight is 399 g/mol. The zero-order valence-electron chi connectivity index (χ0n) is 15.6. The van der Waals surface area contributed by atoms with Gasteiger partial charge in [0.15, 0.2) is 0 Å². The highest BCUT2D eigenvalue weighted by atomic mass is 32.2. The van der Waals surface area contributed by atoms with E-state index in [4.69, 9.17) is 12.2 Å². The molecule has 0 radical (unpaired) electrons. The first-order valence-electron chi connectivity index (χ1n) is 9.68. The van der Waals surface area contributed by atoms with Crippen LogP contribution in [0, 0.1) is 6.92 Å². The Morgan fingerprint density at radius 1 is 1.22 bits per heavy atom. The van der Waals surface area contributed by atoms with E-state index in [1.165, 1.54) is 23.7 Å². The molecule has 2 amide bonds. The van der Waals surface area contributed by atoms with Crippen molar-refractivity contribution >= 4 is 51.4 Å². The molecule has 27 heavy (non-hydrogen) atoms. The number of thioether (sulfide) groups is 1. The van der Waals surface area contributed by atoms with Gasteiger partial charge in [0.25, 0.3) is 11.8 Å². The predicted molar refractivity (Wildman–Crippen MR) is 113 cm³/mol. The molecule has 3 heterocycles. The van der Waals surface area contributed by atoms with Crippen molar-refractivity contribution in [3.8, 4) is 0 Å². The summed E-state index contributed by atoms with van der Waals surface area (Å²) in [5.41, 5.74) is 4.81. The number of hydrogen-bond donors (Lipinski definition) is 1. The Balaban J connectivity index is 1.79. The third-order valence-corrected chi connectivity index (χ3v) is 7.75. The van der Waals surface area contributed by atoms with Crippen LogP contribution in [-0.2, 0) is 9.59 Å². The van der Waals surface area contributed by atoms with Crippen molar-refractivity contribution in [3.05, 3.63) is 33.7 Å². The molecular formula is C21H22N2O2S2. The van der Waals surface area contributed by atoms with Crippen LogP contribution in [0.25, 0.3) is 5.57 Å². The zero-order valence-corrected chi connectivity index (χ0v) is 17.2. The molecule has 1 atom stereocenters. The van der Waals surface area contributed by atoms with Gasteiger partial charge in [-0.25, -0.2) is 0 Å². The molecule has 1 aliphatic carbocycles. The first-order chi connectivity index (χ1) is 12.9. The monoisotopic (exact) mass is 398 g/mol. The lowest BCUT2D eigenvalue weighted by molar-refractivity contribution is -0.117. The average Bonchev–Trinajstić information content (AvgIpc) is 3.09. The van der Waals surface area contributed by atoms with E-state index in [2.05, 4.69) is 36.2 Å². The van der Waals surface area contributed by atoms with Crippen molar-refractivity contribution in [2.75, 3.05) is 4.90 Å². The number of anilines is 1. The number of thiocarbonyl (C=S) groups is 1. The molecule has 6 heteroatoms. The van der Waals surface area contributed by atoms with E-state index in [1.54, 1.807) is 0 Å². The number of nitrogens with zero attached hydrogens (tertiary/aromatic N) is 1. The minimum absolute atomic E-state index is 0.00648. The van der Waals surface area contributed by atoms with Crippen molar-refractivity contribution in [1.82, 2.24) is 5.32 Å². The summed E-state index contributed by atoms with van der Waals surface area (Å²) in [6.07, 6.45) is 6.68. The molecule has 5 rings (SSSR count). The van der Waals surface area contributed by atoms with E-state index < -0.39 is 0 Å². The second kappa shape index (κ2) is 5.92. The van der Waals surface area contributed by atoms with E-state index in [0.29, 0.717) is 20.7 Å². The van der Waals surface area contributed by atoms with Gasteiger partial charge < -0.3 is 10.2 Å². The van der Waals surface area contributed by atoms with Crippen LogP contribution in [0.5, 0.6) is 0 Å². The number of benzene rings is 1. The second-order valence-electron chi connectivity index (χ2n) is 8.33. The van der Waals surface area contributed by atoms with Gasteiger partial charge in [0.05, 0.1) is 16.2 Å². The van der Waals surface area contributed by atoms with Crippen LogP contribution in [0.3, 0.4) is 0 Å². The Labute approximate surface area is 168 Å². The molecule has 3 aliphatic heterocycles. The van der Waals surface area contributed by atoms with Gasteiger partial charge in [-0.2, -0.15) is 0 Å². The fourth-order valence-electron chi connectivity index (χ4n) is 5.51. The van der Waals surface area contributed by atoms with Crippen LogP contribution in [0.4, 0.5) is 5.69 Å². The van der Waals surface area contributed by atoms with Crippen LogP contribution >= 0.6 is 24.0 Å². The molecule has 1 saturated heterocycles. The number of carbonyl (C=O) groups is 2. The maximum Gasteiger partial charge on any atom is 0.264 e. The van der Waals surface area contributed by atoms with E-state index >= 15 is 0 Å². The van der Waals surface area contributed by atoms with Crippen molar-refractivity contribution in [1.29, 1.82) is 0 Å². The number of hydrogen-bond acceptors (Lipinski definition) is 4. The Morgan fingerprint density at radius 2 is 1.96 bits per heavy atom. The SMILES string of the molecule is Cc1cc2c3c(c1)C(C)CC1(CCCCC1)N3C(=O)C2=C1SC(=S)NC1=O. The van der Waals surface area contributed by atoms with Gasteiger partial charge in [0.1, 0.15) is 4.32 Å². The maximum absolute atomic E-state index is 13.7. The number of amides is 2. The molecule has 1 aromatic carbocycles. The van der Waals surface area contributed by atoms with Crippen LogP contribution < -0.4 is 10.2 Å². The molecule has 0 aromatic heterocycles. The van der Waals surface area contributed by atoms with Gasteiger partial charge in [-0.3, -0.25) is 9.59 Å². The van der Waals surface area contributed by atoms with E-state index in [-0.39, 0.29) is 17.4 Å². The predicted octanol–water partition coefficient (Wildman–Crippen LogP) is 4.41. The highest BCUT2D eigenvalue weighted by Crippen LogP contribution is 2.57. The standard InChI is InChI=1S/C21H22N2O2S2/c1-11-8-13-12(2)10-21(6-4-3-5-7-21)23-16(13)14(9-11)15(19(23)25)17-18(24)22-20(26)27-17/h8-9,12H,3-7,10H2,1-2H3,(H,22,24,26). The first-order valence-corrected chi connectivity index (χ1v) is 10.9. The van der Waals surface area contributed by atoms with Crippen molar-refractivity contribution in [3.63, 3.8) is 0 Å². The lowest BCUT2D eigenvalue weighted by Crippen LogP contribution is -2.54. The van der Waals surface area contributed by atoms with Gasteiger partial charge in [0, 0.05) is 11.1 Å². The van der Waals surface area contributed by atoms with Crippen LogP contribution in [-0.4, -0.2) is 21.7 Å². The third kappa shape index (κ3) is 2.39. The number of aryl methyl sites for hydroxylation is 1. The highest BCUT2D eigenvalue weighted by Gasteiger charge is 2.53. The van der Waals surface area contributed by atoms with Crippen molar-refractivity contribution < 1.29 is 9.59 Å². The summed E-state index contributed by atoms with van der Waals surface area (Å²) < 4.78 is 0.429. The van der Waals surface area contributed by atoms with Gasteiger partial charge in [-0.15, -0.1) is 0 Å². The Hall–Kier alpha value is -1.66. The summed E-state index contributed by atoms with van der Waals surface area (Å²) in [5.74, 6) is 0.165. The summed E-state index contributed by atoms with van der Waals surface area (Å²) in [4.78, 5) is 28.8. The minimum atomic E-state index is -0.241. The molecular weight excluding hydrogens is 376 g/mol. The van der Waals surface area contributed by atoms with Gasteiger partial charge >= 0.3 is 0 Å². The second-order valence-corrected chi connectivity index (χ2v) is 10.0. The quantitative estimate of drug-likeness (QED) is 0.519. The molecule has 1 unspecified atom stereocenters. The van der Waals surface area contributed by atoms with E-state index in [0.717, 1.165) is 48.9 Å². The molecule has 1 N–H and O–H groups in total. The Morgan fingerprint density at radius 3 is 2.63 bits per heavy atom. The molecule has 140 valence electrons. The fraction of sp³-hybridized carbons (Fsp3) is 0.476. The molecule has 0 bridgehead atoms. The molecule has 2 fully saturated rings. The first kappa shape index (κ1) is 17.4. The van der Waals surface area contributed by atoms with Crippen LogP contribution in [0.15, 0.2) is 17.0 Å². The fourth-order valence-corrected chi connectivity index (χ4v) is 6.63. The summed E-state index contributed by atoms with van der Waals surface area (Å²) in [7, 11) is 0. The number of carbonyl (C=O) groups excluding carboxylic acids is 2. The lowest BCUT2D eigenvalue weighted by Gasteiger charge is -2.50. The molecule has 4 nitrogen and oxygen atoms in total. The molecule has 1 saturated carbocycles. The maximum atomic E-state index is 13.7. The summed E-state index contributed by atoms with van der Waals surface area (Å²) in [6, 6.07) is 4.29.